The number of benzene rings is 2. The Morgan fingerprint density at radius 1 is 1.14 bits per heavy atom. The zero-order valence-corrected chi connectivity index (χ0v) is 20.2. The highest BCUT2D eigenvalue weighted by Crippen LogP contribution is 2.37. The number of aromatic carboxylic acids is 1. The Labute approximate surface area is 209 Å². The number of carboxylic acid groups (broad SMARTS) is 1. The second-order valence-corrected chi connectivity index (χ2v) is 9.38. The van der Waals surface area contributed by atoms with Gasteiger partial charge in [0.1, 0.15) is 0 Å². The lowest BCUT2D eigenvalue weighted by molar-refractivity contribution is -0.137. The maximum absolute atomic E-state index is 13.8. The predicted molar refractivity (Wildman–Crippen MR) is 129 cm³/mol. The third kappa shape index (κ3) is 4.84. The second kappa shape index (κ2) is 9.75. The molecule has 3 aromatic rings. The van der Waals surface area contributed by atoms with E-state index in [9.17, 15) is 22.8 Å². The molecule has 4 rings (SSSR count). The van der Waals surface area contributed by atoms with Gasteiger partial charge >= 0.3 is 12.1 Å². The molecule has 0 radical (unpaired) electrons. The van der Waals surface area contributed by atoms with Crippen molar-refractivity contribution >= 4 is 29.4 Å². The quantitative estimate of drug-likeness (QED) is 0.417. The molecule has 0 saturated heterocycles. The fourth-order valence-corrected chi connectivity index (χ4v) is 5.11. The van der Waals surface area contributed by atoms with E-state index in [2.05, 4.69) is 16.0 Å². The molecule has 188 valence electrons. The molecule has 2 aromatic carbocycles. The average molecular weight is 517 g/mol. The Morgan fingerprint density at radius 3 is 2.36 bits per heavy atom. The van der Waals surface area contributed by atoms with Gasteiger partial charge in [-0.25, -0.2) is 10.3 Å². The summed E-state index contributed by atoms with van der Waals surface area (Å²) in [4.78, 5) is 25.7. The molecular weight excluding hydrogens is 493 g/mol. The molecule has 1 aliphatic rings. The number of hydrazine groups is 1. The number of nitrogens with zero attached hydrogens (tertiary/aromatic N) is 2. The summed E-state index contributed by atoms with van der Waals surface area (Å²) < 4.78 is 38.9. The van der Waals surface area contributed by atoms with Gasteiger partial charge in [0.15, 0.2) is 5.54 Å². The average Bonchev–Trinajstić information content (AvgIpc) is 3.45. The first-order valence-corrected chi connectivity index (χ1v) is 11.8. The minimum Gasteiger partial charge on any atom is -0.478 e. The molecular formula is C25H23F3N4O3S. The number of carboxylic acids is 1. The van der Waals surface area contributed by atoms with Crippen molar-refractivity contribution in [2.75, 3.05) is 0 Å². The van der Waals surface area contributed by atoms with Crippen LogP contribution in [0.15, 0.2) is 65.1 Å². The molecule has 1 aromatic heterocycles. The van der Waals surface area contributed by atoms with Crippen molar-refractivity contribution in [2.45, 2.75) is 38.1 Å². The standard InChI is InChI=1S/C25H23F3N4O3S/c1-15-11-12-36-21(15)24(23(35)30-16(2)18-5-7-19(8-6-18)22(33)34)14-29-31-32(24)13-17-3-9-20(10-4-17)25(26,27)28/h3-12,14,16,31H,13H2,1-2H3,(H,30,35)(H,33,34)/t16-,24?/m0/s1. The van der Waals surface area contributed by atoms with Crippen LogP contribution in [0, 0.1) is 6.92 Å². The molecule has 11 heteroatoms. The van der Waals surface area contributed by atoms with Crippen molar-refractivity contribution in [2.24, 2.45) is 5.10 Å². The van der Waals surface area contributed by atoms with Gasteiger partial charge < -0.3 is 10.4 Å². The summed E-state index contributed by atoms with van der Waals surface area (Å²) in [5, 5.41) is 19.7. The number of carbonyl (C=O) groups is 2. The van der Waals surface area contributed by atoms with Crippen molar-refractivity contribution in [1.29, 1.82) is 0 Å². The summed E-state index contributed by atoms with van der Waals surface area (Å²) >= 11 is 1.37. The zero-order chi connectivity index (χ0) is 26.1. The van der Waals surface area contributed by atoms with E-state index in [1.165, 1.54) is 41.8 Å². The SMILES string of the molecule is Cc1ccsc1C1(C(=O)N[C@@H](C)c2ccc(C(=O)O)cc2)C=NNN1Cc1ccc(C(F)(F)F)cc1. The van der Waals surface area contributed by atoms with Crippen LogP contribution in [0.2, 0.25) is 0 Å². The third-order valence-corrected chi connectivity index (χ3v) is 7.18. The molecule has 1 amide bonds. The Hall–Kier alpha value is -3.70. The van der Waals surface area contributed by atoms with Crippen LogP contribution in [0.4, 0.5) is 13.2 Å². The number of thiophene rings is 1. The predicted octanol–water partition coefficient (Wildman–Crippen LogP) is 4.85. The normalized spacial score (nSPS) is 18.6. The minimum absolute atomic E-state index is 0.102. The van der Waals surface area contributed by atoms with Crippen LogP contribution in [-0.4, -0.2) is 28.2 Å². The number of alkyl halides is 3. The van der Waals surface area contributed by atoms with Crippen molar-refractivity contribution in [3.8, 4) is 0 Å². The summed E-state index contributed by atoms with van der Waals surface area (Å²) in [5.74, 6) is -1.43. The van der Waals surface area contributed by atoms with Gasteiger partial charge in [-0.3, -0.25) is 4.79 Å². The lowest BCUT2D eigenvalue weighted by Gasteiger charge is -2.35. The monoisotopic (exact) mass is 516 g/mol. The first kappa shape index (κ1) is 25.4. The van der Waals surface area contributed by atoms with Crippen LogP contribution in [0.1, 0.15) is 50.5 Å². The molecule has 0 aliphatic carbocycles. The summed E-state index contributed by atoms with van der Waals surface area (Å²) in [6.45, 7) is 3.75. The van der Waals surface area contributed by atoms with Crippen molar-refractivity contribution in [1.82, 2.24) is 15.9 Å². The number of amides is 1. The first-order chi connectivity index (χ1) is 17.0. The van der Waals surface area contributed by atoms with Gasteiger partial charge in [-0.1, -0.05) is 24.3 Å². The molecule has 0 saturated carbocycles. The number of aryl methyl sites for hydroxylation is 1. The molecule has 0 fully saturated rings. The fraction of sp³-hybridized carbons (Fsp3) is 0.240. The number of rotatable bonds is 7. The van der Waals surface area contributed by atoms with E-state index >= 15 is 0 Å². The highest BCUT2D eigenvalue weighted by atomic mass is 32.1. The third-order valence-electron chi connectivity index (χ3n) is 6.04. The highest BCUT2D eigenvalue weighted by Gasteiger charge is 2.50. The lowest BCUT2D eigenvalue weighted by Crippen LogP contribution is -2.57. The van der Waals surface area contributed by atoms with Gasteiger partial charge in [0.2, 0.25) is 0 Å². The van der Waals surface area contributed by atoms with Crippen LogP contribution in [-0.2, 0) is 23.1 Å². The maximum atomic E-state index is 13.8. The van der Waals surface area contributed by atoms with E-state index in [0.717, 1.165) is 17.7 Å². The first-order valence-electron chi connectivity index (χ1n) is 10.9. The van der Waals surface area contributed by atoms with E-state index < -0.39 is 29.3 Å². The van der Waals surface area contributed by atoms with Crippen molar-refractivity contribution in [3.05, 3.63) is 92.7 Å². The second-order valence-electron chi connectivity index (χ2n) is 8.46. The Bertz CT molecular complexity index is 1290. The molecule has 7 nitrogen and oxygen atoms in total. The minimum atomic E-state index is -4.44. The Morgan fingerprint density at radius 2 is 1.81 bits per heavy atom. The van der Waals surface area contributed by atoms with E-state index in [1.807, 2.05) is 18.4 Å². The number of nitrogens with one attached hydrogen (secondary N) is 2. The Balaban J connectivity index is 1.63. The maximum Gasteiger partial charge on any atom is 0.416 e. The number of hydrogen-bond acceptors (Lipinski definition) is 6. The molecule has 0 spiro atoms. The highest BCUT2D eigenvalue weighted by molar-refractivity contribution is 7.10. The summed E-state index contributed by atoms with van der Waals surface area (Å²) in [7, 11) is 0. The van der Waals surface area contributed by atoms with Gasteiger partial charge in [-0.05, 0) is 66.2 Å². The summed E-state index contributed by atoms with van der Waals surface area (Å²) in [5.41, 5.74) is 3.00. The number of hydrazone groups is 1. The number of hydrogen-bond donors (Lipinski definition) is 3. The summed E-state index contributed by atoms with van der Waals surface area (Å²) in [6.07, 6.45) is -2.95. The van der Waals surface area contributed by atoms with Crippen LogP contribution in [0.25, 0.3) is 0 Å². The molecule has 0 bridgehead atoms. The molecule has 3 N–H and O–H groups in total. The van der Waals surface area contributed by atoms with Crippen molar-refractivity contribution < 1.29 is 27.9 Å². The van der Waals surface area contributed by atoms with Crippen molar-refractivity contribution in [3.63, 3.8) is 0 Å². The van der Waals surface area contributed by atoms with Crippen LogP contribution in [0.3, 0.4) is 0 Å². The van der Waals surface area contributed by atoms with Gasteiger partial charge in [-0.15, -0.1) is 11.3 Å². The van der Waals surface area contributed by atoms with Crippen LogP contribution >= 0.6 is 11.3 Å². The smallest absolute Gasteiger partial charge is 0.416 e. The topological polar surface area (TPSA) is 94.0 Å². The van der Waals surface area contributed by atoms with E-state index in [0.29, 0.717) is 16.0 Å². The molecule has 1 aliphatic heterocycles. The number of carbonyl (C=O) groups excluding carboxylic acids is 1. The fourth-order valence-electron chi connectivity index (χ4n) is 4.02. The molecule has 36 heavy (non-hydrogen) atoms. The van der Waals surface area contributed by atoms with Crippen LogP contribution in [0.5, 0.6) is 0 Å². The van der Waals surface area contributed by atoms with Gasteiger partial charge in [0.05, 0.1) is 23.4 Å². The molecule has 2 atom stereocenters. The van der Waals surface area contributed by atoms with Gasteiger partial charge in [0, 0.05) is 11.4 Å². The zero-order valence-electron chi connectivity index (χ0n) is 19.3. The van der Waals surface area contributed by atoms with Gasteiger partial charge in [-0.2, -0.15) is 23.3 Å². The van der Waals surface area contributed by atoms with E-state index in [4.69, 9.17) is 5.11 Å². The lowest BCUT2D eigenvalue weighted by atomic mass is 9.92. The van der Waals surface area contributed by atoms with Gasteiger partial charge in [0.25, 0.3) is 5.91 Å². The summed E-state index contributed by atoms with van der Waals surface area (Å²) in [6, 6.07) is 12.4. The largest absolute Gasteiger partial charge is 0.478 e. The number of halogens is 3. The molecule has 2 heterocycles. The Kier molecular flexibility index (Phi) is 6.87. The van der Waals surface area contributed by atoms with E-state index in [1.54, 1.807) is 24.1 Å². The van der Waals surface area contributed by atoms with E-state index in [-0.39, 0.29) is 18.0 Å². The molecule has 1 unspecified atom stereocenters. The van der Waals surface area contributed by atoms with Crippen LogP contribution < -0.4 is 10.9 Å².